The van der Waals surface area contributed by atoms with Gasteiger partial charge < -0.3 is 20.1 Å². The number of halogens is 1. The Balaban J connectivity index is 0.00000392. The molecule has 0 radical (unpaired) electrons. The van der Waals surface area contributed by atoms with Crippen molar-refractivity contribution in [3.63, 3.8) is 0 Å². The molecule has 8 nitrogen and oxygen atoms in total. The molecule has 0 aliphatic carbocycles. The van der Waals surface area contributed by atoms with Crippen LogP contribution in [0.15, 0.2) is 23.1 Å². The van der Waals surface area contributed by atoms with Gasteiger partial charge in [0.25, 0.3) is 0 Å². The summed E-state index contributed by atoms with van der Waals surface area (Å²) in [5.41, 5.74) is 0. The van der Waals surface area contributed by atoms with Gasteiger partial charge in [0.2, 0.25) is 15.9 Å². The molecule has 28 heavy (non-hydrogen) atoms. The van der Waals surface area contributed by atoms with Crippen molar-refractivity contribution in [1.29, 1.82) is 0 Å². The molecule has 3 N–H and O–H groups in total. The zero-order valence-electron chi connectivity index (χ0n) is 16.5. The Morgan fingerprint density at radius 3 is 2.54 bits per heavy atom. The second kappa shape index (κ2) is 11.5. The Morgan fingerprint density at radius 1 is 1.21 bits per heavy atom. The summed E-state index contributed by atoms with van der Waals surface area (Å²) in [5, 5.41) is 6.16. The average Bonchev–Trinajstić information content (AvgIpc) is 2.64. The number of benzene rings is 1. The molecule has 1 amide bonds. The number of nitrogens with one attached hydrogen (secondary N) is 3. The largest absolute Gasteiger partial charge is 0.490 e. The van der Waals surface area contributed by atoms with Crippen molar-refractivity contribution in [3.05, 3.63) is 18.2 Å². The van der Waals surface area contributed by atoms with Crippen molar-refractivity contribution < 1.29 is 22.7 Å². The minimum atomic E-state index is -3.84. The van der Waals surface area contributed by atoms with E-state index in [1.807, 2.05) is 6.92 Å². The lowest BCUT2D eigenvalue weighted by Gasteiger charge is -2.30. The van der Waals surface area contributed by atoms with Crippen molar-refractivity contribution >= 4 is 28.3 Å². The average molecular weight is 436 g/mol. The van der Waals surface area contributed by atoms with Gasteiger partial charge in [-0.15, -0.1) is 12.4 Å². The Hall–Kier alpha value is -1.55. The highest BCUT2D eigenvalue weighted by Crippen LogP contribution is 2.30. The number of hydrogen-bond donors (Lipinski definition) is 3. The van der Waals surface area contributed by atoms with Crippen LogP contribution in [0.3, 0.4) is 0 Å². The van der Waals surface area contributed by atoms with Gasteiger partial charge in [0.1, 0.15) is 0 Å². The van der Waals surface area contributed by atoms with E-state index in [-0.39, 0.29) is 35.8 Å². The molecule has 2 atom stereocenters. The molecule has 160 valence electrons. The molecule has 1 aromatic rings. The third-order valence-electron chi connectivity index (χ3n) is 4.38. The number of hydrogen-bond acceptors (Lipinski definition) is 6. The van der Waals surface area contributed by atoms with Crippen molar-refractivity contribution in [2.45, 2.75) is 38.1 Å². The fraction of sp³-hybridized carbons (Fsp3) is 0.611. The Kier molecular flexibility index (Phi) is 10.0. The third kappa shape index (κ3) is 6.80. The summed E-state index contributed by atoms with van der Waals surface area (Å²) in [6.07, 6.45) is 0.830. The molecule has 1 fully saturated rings. The Morgan fingerprint density at radius 2 is 1.89 bits per heavy atom. The molecular formula is C18H30ClN3O5S. The van der Waals surface area contributed by atoms with Crippen LogP contribution in [0.4, 0.5) is 0 Å². The topological polar surface area (TPSA) is 106 Å². The standard InChI is InChI=1S/C18H29N3O5S.ClH/c1-4-25-16-7-6-14(10-17(16)26-5-2)27(23,24)20-12-18(22)21-15-8-9-19-11-13(15)3;/h6-7,10,13,15,19-20H,4-5,8-9,11-12H2,1-3H3,(H,21,22);1H. The summed E-state index contributed by atoms with van der Waals surface area (Å²) in [5.74, 6) is 0.804. The van der Waals surface area contributed by atoms with E-state index < -0.39 is 10.0 Å². The van der Waals surface area contributed by atoms with Crippen LogP contribution >= 0.6 is 12.4 Å². The lowest BCUT2D eigenvalue weighted by Crippen LogP contribution is -2.50. The van der Waals surface area contributed by atoms with E-state index in [1.165, 1.54) is 12.1 Å². The van der Waals surface area contributed by atoms with Gasteiger partial charge in [0, 0.05) is 12.1 Å². The summed E-state index contributed by atoms with van der Waals surface area (Å²) < 4.78 is 38.3. The fourth-order valence-corrected chi connectivity index (χ4v) is 3.93. The first-order chi connectivity index (χ1) is 12.9. The lowest BCUT2D eigenvalue weighted by atomic mass is 9.95. The summed E-state index contributed by atoms with van der Waals surface area (Å²) in [6.45, 7) is 7.89. The number of piperidine rings is 1. The molecule has 0 bridgehead atoms. The SMILES string of the molecule is CCOc1ccc(S(=O)(=O)NCC(=O)NC2CCNCC2C)cc1OCC.Cl. The molecular weight excluding hydrogens is 406 g/mol. The van der Waals surface area contributed by atoms with Crippen molar-refractivity contribution in [2.24, 2.45) is 5.92 Å². The second-order valence-electron chi connectivity index (χ2n) is 6.44. The second-order valence-corrected chi connectivity index (χ2v) is 8.21. The summed E-state index contributed by atoms with van der Waals surface area (Å²) in [6, 6.07) is 4.45. The molecule has 2 unspecified atom stereocenters. The normalized spacial score (nSPS) is 19.4. The van der Waals surface area contributed by atoms with Gasteiger partial charge in [-0.05, 0) is 51.4 Å². The van der Waals surface area contributed by atoms with Gasteiger partial charge in [0.05, 0.1) is 24.7 Å². The van der Waals surface area contributed by atoms with Gasteiger partial charge in [-0.25, -0.2) is 13.1 Å². The van der Waals surface area contributed by atoms with Crippen LogP contribution in [-0.4, -0.2) is 53.2 Å². The molecule has 1 aliphatic rings. The molecule has 10 heteroatoms. The monoisotopic (exact) mass is 435 g/mol. The van der Waals surface area contributed by atoms with E-state index in [0.717, 1.165) is 19.5 Å². The molecule has 1 heterocycles. The maximum Gasteiger partial charge on any atom is 0.241 e. The minimum absolute atomic E-state index is 0. The zero-order valence-corrected chi connectivity index (χ0v) is 18.1. The predicted molar refractivity (Wildman–Crippen MR) is 110 cm³/mol. The number of amides is 1. The van der Waals surface area contributed by atoms with E-state index in [0.29, 0.717) is 30.6 Å². The third-order valence-corrected chi connectivity index (χ3v) is 5.78. The van der Waals surface area contributed by atoms with Crippen LogP contribution in [0.1, 0.15) is 27.2 Å². The molecule has 0 spiro atoms. The molecule has 0 saturated carbocycles. The smallest absolute Gasteiger partial charge is 0.241 e. The van der Waals surface area contributed by atoms with Gasteiger partial charge in [-0.1, -0.05) is 6.92 Å². The van der Waals surface area contributed by atoms with E-state index >= 15 is 0 Å². The first-order valence-corrected chi connectivity index (χ1v) is 10.7. The Bertz CT molecular complexity index is 745. The summed E-state index contributed by atoms with van der Waals surface area (Å²) in [4.78, 5) is 12.2. The van der Waals surface area contributed by atoms with E-state index in [1.54, 1.807) is 13.0 Å². The van der Waals surface area contributed by atoms with Gasteiger partial charge in [0.15, 0.2) is 11.5 Å². The molecule has 1 saturated heterocycles. The maximum atomic E-state index is 12.5. The number of sulfonamides is 1. The number of carbonyl (C=O) groups excluding carboxylic acids is 1. The van der Waals surface area contributed by atoms with Crippen LogP contribution in [0.5, 0.6) is 11.5 Å². The summed E-state index contributed by atoms with van der Waals surface area (Å²) >= 11 is 0. The van der Waals surface area contributed by atoms with Gasteiger partial charge in [-0.2, -0.15) is 0 Å². The molecule has 2 rings (SSSR count). The highest BCUT2D eigenvalue weighted by Gasteiger charge is 2.24. The maximum absolute atomic E-state index is 12.5. The van der Waals surface area contributed by atoms with Crippen LogP contribution in [0.25, 0.3) is 0 Å². The highest BCUT2D eigenvalue weighted by molar-refractivity contribution is 7.89. The fourth-order valence-electron chi connectivity index (χ4n) is 2.93. The van der Waals surface area contributed by atoms with Crippen molar-refractivity contribution in [2.75, 3.05) is 32.8 Å². The van der Waals surface area contributed by atoms with Gasteiger partial charge in [-0.3, -0.25) is 4.79 Å². The highest BCUT2D eigenvalue weighted by atomic mass is 35.5. The van der Waals surface area contributed by atoms with E-state index in [2.05, 4.69) is 22.3 Å². The number of carbonyl (C=O) groups is 1. The first-order valence-electron chi connectivity index (χ1n) is 9.26. The van der Waals surface area contributed by atoms with E-state index in [9.17, 15) is 13.2 Å². The van der Waals surface area contributed by atoms with Crippen LogP contribution in [0.2, 0.25) is 0 Å². The van der Waals surface area contributed by atoms with Crippen molar-refractivity contribution in [3.8, 4) is 11.5 Å². The summed E-state index contributed by atoms with van der Waals surface area (Å²) in [7, 11) is -3.84. The lowest BCUT2D eigenvalue weighted by molar-refractivity contribution is -0.121. The van der Waals surface area contributed by atoms with E-state index in [4.69, 9.17) is 9.47 Å². The minimum Gasteiger partial charge on any atom is -0.490 e. The number of rotatable bonds is 9. The van der Waals surface area contributed by atoms with Crippen LogP contribution < -0.4 is 24.8 Å². The number of ether oxygens (including phenoxy) is 2. The predicted octanol–water partition coefficient (Wildman–Crippen LogP) is 1.30. The molecule has 0 aromatic heterocycles. The van der Waals surface area contributed by atoms with Crippen LogP contribution in [0, 0.1) is 5.92 Å². The Labute approximate surface area is 173 Å². The first kappa shape index (κ1) is 24.5. The van der Waals surface area contributed by atoms with Crippen molar-refractivity contribution in [1.82, 2.24) is 15.4 Å². The van der Waals surface area contributed by atoms with Crippen LogP contribution in [-0.2, 0) is 14.8 Å². The molecule has 1 aliphatic heterocycles. The quantitative estimate of drug-likeness (QED) is 0.540. The zero-order chi connectivity index (χ0) is 19.9. The van der Waals surface area contributed by atoms with Gasteiger partial charge >= 0.3 is 0 Å². The molecule has 1 aromatic carbocycles.